The molecule has 1 atom stereocenters. The summed E-state index contributed by atoms with van der Waals surface area (Å²) in [4.78, 5) is 23.2. The Hall–Kier alpha value is -3.44. The second-order valence-corrected chi connectivity index (χ2v) is 9.04. The average Bonchev–Trinajstić information content (AvgIpc) is 2.96. The number of hydrogen-bond acceptors (Lipinski definition) is 3. The van der Waals surface area contributed by atoms with Crippen molar-refractivity contribution >= 4 is 17.4 Å². The SMILES string of the molecule is CC.CCC(CC)CC[NH2+]CC(=O)c1ccccc1.Cc1ccccc1NCC(C(=O)O)c1ccccc1. The van der Waals surface area contributed by atoms with Crippen LogP contribution in [0.5, 0.6) is 0 Å². The maximum atomic E-state index is 11.8. The highest BCUT2D eigenvalue weighted by Crippen LogP contribution is 2.19. The summed E-state index contributed by atoms with van der Waals surface area (Å²) in [5.41, 5.74) is 3.73. The molecule has 1 unspecified atom stereocenters. The zero-order valence-corrected chi connectivity index (χ0v) is 23.8. The molecule has 3 aromatic carbocycles. The van der Waals surface area contributed by atoms with Gasteiger partial charge >= 0.3 is 5.97 Å². The van der Waals surface area contributed by atoms with E-state index in [-0.39, 0.29) is 5.78 Å². The molecule has 5 heteroatoms. The smallest absolute Gasteiger partial charge is 0.312 e. The third-order valence-corrected chi connectivity index (χ3v) is 6.50. The molecule has 0 saturated carbocycles. The molecule has 0 aromatic heterocycles. The molecule has 0 saturated heterocycles. The van der Waals surface area contributed by atoms with E-state index in [1.54, 1.807) is 0 Å². The lowest BCUT2D eigenvalue weighted by Gasteiger charge is -2.15. The second kappa shape index (κ2) is 19.6. The first kappa shape index (κ1) is 32.6. The van der Waals surface area contributed by atoms with Crippen molar-refractivity contribution in [2.45, 2.75) is 59.8 Å². The molecule has 0 bridgehead atoms. The number of quaternary nitrogens is 1. The number of anilines is 1. The number of ketones is 1. The Morgan fingerprint density at radius 2 is 1.39 bits per heavy atom. The molecule has 4 N–H and O–H groups in total. The molecular weight excluding hydrogens is 472 g/mol. The third kappa shape index (κ3) is 12.2. The van der Waals surface area contributed by atoms with Crippen LogP contribution in [0.4, 0.5) is 5.69 Å². The fraction of sp³-hybridized carbons (Fsp3) is 0.394. The maximum Gasteiger partial charge on any atom is 0.312 e. The van der Waals surface area contributed by atoms with Crippen LogP contribution in [-0.2, 0) is 4.79 Å². The number of carbonyl (C=O) groups is 2. The van der Waals surface area contributed by atoms with E-state index in [4.69, 9.17) is 0 Å². The highest BCUT2D eigenvalue weighted by atomic mass is 16.4. The maximum absolute atomic E-state index is 11.8. The number of carboxylic acids is 1. The topological polar surface area (TPSA) is 83.0 Å². The van der Waals surface area contributed by atoms with E-state index in [1.807, 2.05) is 106 Å². The number of carboxylic acid groups (broad SMARTS) is 1. The van der Waals surface area contributed by atoms with Gasteiger partial charge < -0.3 is 15.7 Å². The summed E-state index contributed by atoms with van der Waals surface area (Å²) < 4.78 is 0. The summed E-state index contributed by atoms with van der Waals surface area (Å²) in [5, 5.41) is 14.7. The Labute approximate surface area is 229 Å². The number of nitrogens with two attached hydrogens (primary N) is 1. The molecule has 0 aliphatic carbocycles. The molecule has 0 aliphatic heterocycles. The first-order chi connectivity index (χ1) is 18.5. The highest BCUT2D eigenvalue weighted by Gasteiger charge is 2.19. The van der Waals surface area contributed by atoms with E-state index in [2.05, 4.69) is 24.5 Å². The van der Waals surface area contributed by atoms with Crippen LogP contribution in [0, 0.1) is 12.8 Å². The van der Waals surface area contributed by atoms with Gasteiger partial charge in [0.25, 0.3) is 0 Å². The molecule has 3 aromatic rings. The number of rotatable bonds is 13. The van der Waals surface area contributed by atoms with Gasteiger partial charge in [0.1, 0.15) is 6.54 Å². The lowest BCUT2D eigenvalue weighted by molar-refractivity contribution is -0.643. The molecular formula is C33H47N2O3+. The van der Waals surface area contributed by atoms with Crippen molar-refractivity contribution < 1.29 is 20.0 Å². The molecule has 0 spiro atoms. The van der Waals surface area contributed by atoms with Gasteiger partial charge in [-0.2, -0.15) is 0 Å². The molecule has 38 heavy (non-hydrogen) atoms. The normalized spacial score (nSPS) is 10.9. The summed E-state index contributed by atoms with van der Waals surface area (Å²) in [6, 6.07) is 26.7. The van der Waals surface area contributed by atoms with Gasteiger partial charge in [0.2, 0.25) is 5.78 Å². The number of aliphatic carboxylic acids is 1. The quantitative estimate of drug-likeness (QED) is 0.176. The van der Waals surface area contributed by atoms with Crippen LogP contribution in [0.2, 0.25) is 0 Å². The lowest BCUT2D eigenvalue weighted by Crippen LogP contribution is -2.86. The number of aryl methyl sites for hydroxylation is 1. The van der Waals surface area contributed by atoms with Gasteiger partial charge in [-0.3, -0.25) is 9.59 Å². The predicted octanol–water partition coefficient (Wildman–Crippen LogP) is 6.56. The van der Waals surface area contributed by atoms with Crippen LogP contribution in [0.25, 0.3) is 0 Å². The predicted molar refractivity (Wildman–Crippen MR) is 159 cm³/mol. The largest absolute Gasteiger partial charge is 0.481 e. The van der Waals surface area contributed by atoms with E-state index < -0.39 is 11.9 Å². The van der Waals surface area contributed by atoms with Crippen LogP contribution >= 0.6 is 0 Å². The van der Waals surface area contributed by atoms with E-state index in [0.717, 1.165) is 34.8 Å². The van der Waals surface area contributed by atoms with Crippen LogP contribution in [0.1, 0.15) is 74.4 Å². The molecule has 5 nitrogen and oxygen atoms in total. The van der Waals surface area contributed by atoms with Crippen molar-refractivity contribution in [3.05, 3.63) is 102 Å². The summed E-state index contributed by atoms with van der Waals surface area (Å²) in [6.07, 6.45) is 3.71. The Morgan fingerprint density at radius 1 is 0.842 bits per heavy atom. The standard InChI is InChI=1S/C16H17NO2.C15H23NO.C2H6/c1-12-7-5-6-10-15(12)17-11-14(16(18)19)13-8-3-2-4-9-13;1-3-13(4-2)10-11-16-12-15(17)14-8-6-5-7-9-14;1-2/h2-10,14,17H,11H2,1H3,(H,18,19);5-9,13,16H,3-4,10-12H2,1-2H3;1-2H3/p+1. The summed E-state index contributed by atoms with van der Waals surface area (Å²) in [7, 11) is 0. The fourth-order valence-corrected chi connectivity index (χ4v) is 4.04. The number of carbonyl (C=O) groups excluding carboxylic acids is 1. The lowest BCUT2D eigenvalue weighted by atomic mass is 9.99. The molecule has 0 aliphatic rings. The number of hydrogen-bond donors (Lipinski definition) is 3. The third-order valence-electron chi connectivity index (χ3n) is 6.50. The van der Waals surface area contributed by atoms with E-state index in [1.165, 1.54) is 19.3 Å². The molecule has 0 heterocycles. The molecule has 0 radical (unpaired) electrons. The number of benzene rings is 3. The molecule has 3 rings (SSSR count). The summed E-state index contributed by atoms with van der Waals surface area (Å²) in [6.45, 7) is 12.5. The number of Topliss-reactive ketones (excluding diaryl/α,β-unsaturated/α-hetero) is 1. The van der Waals surface area contributed by atoms with Gasteiger partial charge in [-0.05, 0) is 36.5 Å². The van der Waals surface area contributed by atoms with Crippen molar-refractivity contribution in [1.82, 2.24) is 0 Å². The number of nitrogens with one attached hydrogen (secondary N) is 1. The van der Waals surface area contributed by atoms with Crippen molar-refractivity contribution in [1.29, 1.82) is 0 Å². The Morgan fingerprint density at radius 3 is 1.95 bits per heavy atom. The van der Waals surface area contributed by atoms with Crippen molar-refractivity contribution in [2.75, 3.05) is 25.0 Å². The minimum Gasteiger partial charge on any atom is -0.481 e. The van der Waals surface area contributed by atoms with Crippen LogP contribution < -0.4 is 10.6 Å². The monoisotopic (exact) mass is 519 g/mol. The van der Waals surface area contributed by atoms with Crippen molar-refractivity contribution in [3.8, 4) is 0 Å². The zero-order valence-electron chi connectivity index (χ0n) is 23.8. The first-order valence-electron chi connectivity index (χ1n) is 13.9. The Kier molecular flexibility index (Phi) is 16.8. The van der Waals surface area contributed by atoms with Gasteiger partial charge in [-0.15, -0.1) is 0 Å². The zero-order chi connectivity index (χ0) is 28.2. The van der Waals surface area contributed by atoms with E-state index in [9.17, 15) is 14.7 Å². The highest BCUT2D eigenvalue weighted by molar-refractivity contribution is 5.96. The molecule has 0 fully saturated rings. The minimum absolute atomic E-state index is 0.232. The van der Waals surface area contributed by atoms with Gasteiger partial charge in [-0.25, -0.2) is 0 Å². The van der Waals surface area contributed by atoms with Crippen LogP contribution in [0.3, 0.4) is 0 Å². The molecule has 0 amide bonds. The van der Waals surface area contributed by atoms with E-state index in [0.29, 0.717) is 13.1 Å². The van der Waals surface area contributed by atoms with Crippen molar-refractivity contribution in [2.24, 2.45) is 5.92 Å². The minimum atomic E-state index is -0.813. The van der Waals surface area contributed by atoms with Gasteiger partial charge in [0.05, 0.1) is 12.5 Å². The van der Waals surface area contributed by atoms with Crippen molar-refractivity contribution in [3.63, 3.8) is 0 Å². The van der Waals surface area contributed by atoms with Gasteiger partial charge in [0.15, 0.2) is 0 Å². The Balaban J connectivity index is 0.000000359. The first-order valence-corrected chi connectivity index (χ1v) is 13.9. The Bertz CT molecular complexity index is 1030. The van der Waals surface area contributed by atoms with Gasteiger partial charge in [0, 0.05) is 17.8 Å². The average molecular weight is 520 g/mol. The second-order valence-electron chi connectivity index (χ2n) is 9.04. The summed E-state index contributed by atoms with van der Waals surface area (Å²) >= 11 is 0. The van der Waals surface area contributed by atoms with E-state index >= 15 is 0 Å². The van der Waals surface area contributed by atoms with Crippen LogP contribution in [0.15, 0.2) is 84.9 Å². The molecule has 206 valence electrons. The van der Waals surface area contributed by atoms with Crippen LogP contribution in [-0.4, -0.2) is 36.5 Å². The number of para-hydroxylation sites is 1. The fourth-order valence-electron chi connectivity index (χ4n) is 4.04. The summed E-state index contributed by atoms with van der Waals surface area (Å²) in [5.74, 6) is -0.304. The van der Waals surface area contributed by atoms with Gasteiger partial charge in [-0.1, -0.05) is 119 Å².